The van der Waals surface area contributed by atoms with Crippen molar-refractivity contribution in [3.05, 3.63) is 11.6 Å². The summed E-state index contributed by atoms with van der Waals surface area (Å²) < 4.78 is 57.6. The van der Waals surface area contributed by atoms with Crippen molar-refractivity contribution in [3.8, 4) is 0 Å². The fraction of sp³-hybridized carbons (Fsp3) is 0.815. The Bertz CT molecular complexity index is 1020. The molecule has 2 aliphatic carbocycles. The summed E-state index contributed by atoms with van der Waals surface area (Å²) in [5.74, 6) is -4.36. The van der Waals surface area contributed by atoms with E-state index in [0.717, 1.165) is 0 Å². The zero-order valence-corrected chi connectivity index (χ0v) is 23.4. The molecule has 0 aromatic carbocycles. The largest absolute Gasteiger partial charge is 0.393 e. The number of alkyl halides is 5. The van der Waals surface area contributed by atoms with Gasteiger partial charge in [0.15, 0.2) is 0 Å². The number of likely N-dealkylation sites (tertiary alicyclic amines) is 1. The van der Waals surface area contributed by atoms with E-state index < -0.39 is 65.4 Å². The van der Waals surface area contributed by atoms with E-state index in [2.05, 4.69) is 15.5 Å². The quantitative estimate of drug-likeness (QED) is 0.386. The Labute approximate surface area is 236 Å². The maximum atomic E-state index is 14.5. The van der Waals surface area contributed by atoms with E-state index in [1.54, 1.807) is 9.80 Å². The Morgan fingerprint density at radius 3 is 2.50 bits per heavy atom. The standard InChI is InChI=1S/C27H38ClF4N5O3/c1-35-7-9-36(10-8-35)26(40)19-11-15(28)12-20(27(30,31)32)24(19)37-6-5-16(14-37)33-25(39)18-13-22(38)34-23-17(18)3-2-4-21(23)29/h13,15-17,19-21,23-24H,2-12,14H2,1H3,(H,33,39)(H,34,38)/t15?,16-,17?,19?,20?,21?,23?,24?/m1/s1. The first kappa shape index (κ1) is 29.6. The first-order chi connectivity index (χ1) is 18.9. The van der Waals surface area contributed by atoms with Gasteiger partial charge in [0.25, 0.3) is 0 Å². The average molecular weight is 592 g/mol. The number of hydrogen-bond acceptors (Lipinski definition) is 5. The van der Waals surface area contributed by atoms with Crippen LogP contribution in [0.15, 0.2) is 11.6 Å². The normalized spacial score (nSPS) is 37.9. The molecule has 5 aliphatic rings. The summed E-state index contributed by atoms with van der Waals surface area (Å²) in [4.78, 5) is 44.5. The van der Waals surface area contributed by atoms with Crippen LogP contribution in [0, 0.1) is 17.8 Å². The molecule has 224 valence electrons. The molecule has 2 N–H and O–H groups in total. The van der Waals surface area contributed by atoms with Crippen molar-refractivity contribution in [1.82, 2.24) is 25.3 Å². The van der Waals surface area contributed by atoms with E-state index in [-0.39, 0.29) is 30.9 Å². The summed E-state index contributed by atoms with van der Waals surface area (Å²) in [5, 5.41) is 4.78. The van der Waals surface area contributed by atoms with Gasteiger partial charge in [0.1, 0.15) is 6.17 Å². The van der Waals surface area contributed by atoms with Crippen molar-refractivity contribution < 1.29 is 31.9 Å². The summed E-state index contributed by atoms with van der Waals surface area (Å²) in [7, 11) is 1.94. The topological polar surface area (TPSA) is 85.0 Å². The van der Waals surface area contributed by atoms with Crippen LogP contribution in [-0.4, -0.2) is 115 Å². The highest BCUT2D eigenvalue weighted by molar-refractivity contribution is 6.20. The number of halogens is 5. The van der Waals surface area contributed by atoms with E-state index in [1.807, 2.05) is 7.05 Å². The van der Waals surface area contributed by atoms with Crippen molar-refractivity contribution in [2.45, 2.75) is 74.4 Å². The molecule has 0 spiro atoms. The molecule has 40 heavy (non-hydrogen) atoms. The molecular weight excluding hydrogens is 554 g/mol. The van der Waals surface area contributed by atoms with Gasteiger partial charge in [-0.1, -0.05) is 0 Å². The SMILES string of the molecule is CN1CCN(C(=O)C2CC(Cl)CC(C(F)(F)F)C2N2CC[C@@H](NC(=O)C3=CC(=O)NC4C(F)CCCC34)C2)CC1. The van der Waals surface area contributed by atoms with Gasteiger partial charge in [0.05, 0.1) is 17.9 Å². The molecule has 3 amide bonds. The van der Waals surface area contributed by atoms with Crippen LogP contribution in [0.1, 0.15) is 38.5 Å². The first-order valence-corrected chi connectivity index (χ1v) is 14.7. The van der Waals surface area contributed by atoms with E-state index in [4.69, 9.17) is 11.6 Å². The molecule has 0 aromatic rings. The lowest BCUT2D eigenvalue weighted by Gasteiger charge is -2.46. The number of nitrogens with zero attached hydrogens (tertiary/aromatic N) is 3. The van der Waals surface area contributed by atoms with Crippen LogP contribution in [0.2, 0.25) is 0 Å². The number of nitrogens with one attached hydrogen (secondary N) is 2. The van der Waals surface area contributed by atoms with Gasteiger partial charge in [-0.2, -0.15) is 13.2 Å². The Morgan fingerprint density at radius 1 is 1.07 bits per heavy atom. The highest BCUT2D eigenvalue weighted by Crippen LogP contribution is 2.45. The third-order valence-corrected chi connectivity index (χ3v) is 9.80. The fourth-order valence-corrected chi connectivity index (χ4v) is 7.75. The molecule has 0 bridgehead atoms. The lowest BCUT2D eigenvalue weighted by atomic mass is 9.74. The number of fused-ring (bicyclic) bond motifs is 1. The molecule has 4 fully saturated rings. The van der Waals surface area contributed by atoms with Crippen LogP contribution in [0.25, 0.3) is 0 Å². The van der Waals surface area contributed by atoms with Crippen LogP contribution in [-0.2, 0) is 14.4 Å². The van der Waals surface area contributed by atoms with E-state index in [0.29, 0.717) is 58.4 Å². The number of rotatable bonds is 4. The van der Waals surface area contributed by atoms with Gasteiger partial charge >= 0.3 is 6.18 Å². The van der Waals surface area contributed by atoms with Gasteiger partial charge in [0.2, 0.25) is 17.7 Å². The number of amides is 3. The zero-order chi connectivity index (χ0) is 28.8. The van der Waals surface area contributed by atoms with Crippen molar-refractivity contribution in [1.29, 1.82) is 0 Å². The number of piperazine rings is 1. The van der Waals surface area contributed by atoms with Crippen LogP contribution in [0.5, 0.6) is 0 Å². The third kappa shape index (κ3) is 6.13. The molecule has 8 nitrogen and oxygen atoms in total. The number of carbonyl (C=O) groups is 3. The van der Waals surface area contributed by atoms with E-state index in [1.165, 1.54) is 6.08 Å². The van der Waals surface area contributed by atoms with Gasteiger partial charge in [-0.05, 0) is 45.6 Å². The predicted molar refractivity (Wildman–Crippen MR) is 140 cm³/mol. The number of carbonyl (C=O) groups excluding carboxylic acids is 3. The van der Waals surface area contributed by atoms with Crippen molar-refractivity contribution in [2.24, 2.45) is 17.8 Å². The minimum absolute atomic E-state index is 0.155. The van der Waals surface area contributed by atoms with Crippen molar-refractivity contribution in [3.63, 3.8) is 0 Å². The second kappa shape index (κ2) is 11.8. The van der Waals surface area contributed by atoms with Crippen molar-refractivity contribution >= 4 is 29.3 Å². The minimum atomic E-state index is -4.53. The first-order valence-electron chi connectivity index (χ1n) is 14.3. The minimum Gasteiger partial charge on any atom is -0.348 e. The lowest BCUT2D eigenvalue weighted by molar-refractivity contribution is -0.206. The summed E-state index contributed by atoms with van der Waals surface area (Å²) in [6, 6.07) is -2.27. The monoisotopic (exact) mass is 591 g/mol. The second-order valence-corrected chi connectivity index (χ2v) is 12.7. The highest BCUT2D eigenvalue weighted by atomic mass is 35.5. The zero-order valence-electron chi connectivity index (χ0n) is 22.6. The Balaban J connectivity index is 1.31. The molecule has 2 saturated heterocycles. The Morgan fingerprint density at radius 2 is 1.80 bits per heavy atom. The smallest absolute Gasteiger partial charge is 0.348 e. The second-order valence-electron chi connectivity index (χ2n) is 12.1. The maximum absolute atomic E-state index is 14.5. The van der Waals surface area contributed by atoms with Gasteiger partial charge < -0.3 is 20.4 Å². The van der Waals surface area contributed by atoms with Crippen LogP contribution in [0.4, 0.5) is 17.6 Å². The lowest BCUT2D eigenvalue weighted by Crippen LogP contribution is -2.59. The molecule has 2 saturated carbocycles. The Hall–Kier alpha value is -1.92. The Kier molecular flexibility index (Phi) is 8.69. The molecule has 5 rings (SSSR count). The molecule has 3 aliphatic heterocycles. The van der Waals surface area contributed by atoms with Crippen LogP contribution < -0.4 is 10.6 Å². The molecule has 8 atom stereocenters. The van der Waals surface area contributed by atoms with Crippen molar-refractivity contribution in [2.75, 3.05) is 46.3 Å². The summed E-state index contributed by atoms with van der Waals surface area (Å²) >= 11 is 6.33. The molecule has 3 heterocycles. The van der Waals surface area contributed by atoms with Crippen LogP contribution in [0.3, 0.4) is 0 Å². The third-order valence-electron chi connectivity index (χ3n) is 9.45. The summed E-state index contributed by atoms with van der Waals surface area (Å²) in [6.45, 7) is 2.69. The molecule has 0 radical (unpaired) electrons. The molecule has 0 aromatic heterocycles. The van der Waals surface area contributed by atoms with E-state index >= 15 is 0 Å². The maximum Gasteiger partial charge on any atom is 0.393 e. The van der Waals surface area contributed by atoms with Gasteiger partial charge in [-0.25, -0.2) is 4.39 Å². The van der Waals surface area contributed by atoms with Gasteiger partial charge in [-0.3, -0.25) is 19.3 Å². The van der Waals surface area contributed by atoms with E-state index in [9.17, 15) is 31.9 Å². The summed E-state index contributed by atoms with van der Waals surface area (Å²) in [5.41, 5.74) is 0.230. The van der Waals surface area contributed by atoms with Gasteiger partial charge in [0, 0.05) is 74.3 Å². The number of hydrogen-bond donors (Lipinski definition) is 2. The highest BCUT2D eigenvalue weighted by Gasteiger charge is 2.56. The fourth-order valence-electron chi connectivity index (χ4n) is 7.37. The number of likely N-dealkylation sites (N-methyl/N-ethyl adjacent to an activating group) is 1. The summed E-state index contributed by atoms with van der Waals surface area (Å²) in [6.07, 6.45) is -2.71. The average Bonchev–Trinajstić information content (AvgIpc) is 3.35. The molecule has 7 unspecified atom stereocenters. The predicted octanol–water partition coefficient (Wildman–Crippen LogP) is 2.08. The molecular formula is C27H38ClF4N5O3. The van der Waals surface area contributed by atoms with Crippen LogP contribution >= 0.6 is 11.6 Å². The molecule has 13 heteroatoms. The van der Waals surface area contributed by atoms with Gasteiger partial charge in [-0.15, -0.1) is 11.6 Å².